The molecule has 0 radical (unpaired) electrons. The molecule has 0 spiro atoms. The highest BCUT2D eigenvalue weighted by Crippen LogP contribution is 2.38. The number of pyridine rings is 1. The van der Waals surface area contributed by atoms with Crippen molar-refractivity contribution < 1.29 is 0 Å². The summed E-state index contributed by atoms with van der Waals surface area (Å²) in [6.45, 7) is 0. The number of hydrogen-bond donors (Lipinski definition) is 3. The predicted octanol–water partition coefficient (Wildman–Crippen LogP) is 4.55. The fraction of sp³-hybridized carbons (Fsp3) is 0.190. The van der Waals surface area contributed by atoms with Gasteiger partial charge in [0.1, 0.15) is 0 Å². The number of aromatic nitrogens is 2. The highest BCUT2D eigenvalue weighted by Gasteiger charge is 2.21. The summed E-state index contributed by atoms with van der Waals surface area (Å²) < 4.78 is 1.09. The van der Waals surface area contributed by atoms with Gasteiger partial charge in [0.25, 0.3) is 0 Å². The van der Waals surface area contributed by atoms with E-state index >= 15 is 0 Å². The smallest absolute Gasteiger partial charge is 0.181 e. The van der Waals surface area contributed by atoms with Gasteiger partial charge in [-0.2, -0.15) is 0 Å². The fourth-order valence-electron chi connectivity index (χ4n) is 4.15. The second kappa shape index (κ2) is 6.03. The van der Waals surface area contributed by atoms with Crippen molar-refractivity contribution in [1.29, 1.82) is 5.41 Å². The van der Waals surface area contributed by atoms with Crippen LogP contribution >= 0.6 is 11.3 Å². The molecule has 0 saturated heterocycles. The minimum absolute atomic E-state index is 0.585. The first kappa shape index (κ1) is 16.2. The average molecular weight is 373 g/mol. The maximum Gasteiger partial charge on any atom is 0.181 e. The lowest BCUT2D eigenvalue weighted by Gasteiger charge is -2.22. The zero-order chi connectivity index (χ0) is 18.5. The first-order chi connectivity index (χ1) is 13.2. The maximum absolute atomic E-state index is 7.84. The molecule has 5 rings (SSSR count). The lowest BCUT2D eigenvalue weighted by molar-refractivity contribution is 0.689. The zero-order valence-corrected chi connectivity index (χ0v) is 15.6. The topological polar surface area (TPSA) is 102 Å². The standard InChI is InChI=1S/C21H19N5S/c22-10-14-15(23)6-7-16-19(14)12-3-1-2-4-13(12)20(25-16)11-5-8-18-17(9-11)26-21(24)27-18/h5-10,22H,1-4,23H2,(H2,24,26). The van der Waals surface area contributed by atoms with Gasteiger partial charge in [0.2, 0.25) is 0 Å². The number of hydrogen-bond acceptors (Lipinski definition) is 6. The first-order valence-electron chi connectivity index (χ1n) is 9.06. The Morgan fingerprint density at radius 1 is 0.963 bits per heavy atom. The number of fused-ring (bicyclic) bond motifs is 4. The molecule has 5 nitrogen and oxygen atoms in total. The van der Waals surface area contributed by atoms with Crippen LogP contribution in [0.1, 0.15) is 29.5 Å². The van der Waals surface area contributed by atoms with E-state index in [1.807, 2.05) is 12.1 Å². The second-order valence-electron chi connectivity index (χ2n) is 6.97. The third-order valence-electron chi connectivity index (χ3n) is 5.37. The SMILES string of the molecule is N=Cc1c(N)ccc2nc(-c3ccc4sc(N)nc4c3)c3c(c12)CCCC3. The van der Waals surface area contributed by atoms with Crippen molar-refractivity contribution >= 4 is 49.5 Å². The number of thiazole rings is 1. The third kappa shape index (κ3) is 2.48. The van der Waals surface area contributed by atoms with E-state index in [0.717, 1.165) is 63.6 Å². The van der Waals surface area contributed by atoms with Crippen molar-refractivity contribution in [2.75, 3.05) is 11.5 Å². The van der Waals surface area contributed by atoms with E-state index in [1.165, 1.54) is 28.7 Å². The summed E-state index contributed by atoms with van der Waals surface area (Å²) >= 11 is 1.50. The molecule has 2 aromatic carbocycles. The predicted molar refractivity (Wildman–Crippen MR) is 114 cm³/mol. The van der Waals surface area contributed by atoms with Gasteiger partial charge in [-0.05, 0) is 61.1 Å². The van der Waals surface area contributed by atoms with Crippen LogP contribution in [0.2, 0.25) is 0 Å². The first-order valence-corrected chi connectivity index (χ1v) is 9.88. The average Bonchev–Trinajstić information content (AvgIpc) is 3.06. The number of aryl methyl sites for hydroxylation is 1. The normalized spacial score (nSPS) is 13.8. The van der Waals surface area contributed by atoms with Crippen molar-refractivity contribution in [1.82, 2.24) is 9.97 Å². The fourth-order valence-corrected chi connectivity index (χ4v) is 4.87. The highest BCUT2D eigenvalue weighted by atomic mass is 32.1. The number of nitrogens with zero attached hydrogens (tertiary/aromatic N) is 2. The Hall–Kier alpha value is -2.99. The molecule has 2 aromatic heterocycles. The molecule has 2 heterocycles. The molecule has 0 saturated carbocycles. The number of benzene rings is 2. The molecule has 27 heavy (non-hydrogen) atoms. The van der Waals surface area contributed by atoms with E-state index in [4.69, 9.17) is 21.9 Å². The van der Waals surface area contributed by atoms with E-state index < -0.39 is 0 Å². The largest absolute Gasteiger partial charge is 0.398 e. The summed E-state index contributed by atoms with van der Waals surface area (Å²) in [6.07, 6.45) is 5.66. The van der Waals surface area contributed by atoms with E-state index in [9.17, 15) is 0 Å². The Kier molecular flexibility index (Phi) is 3.62. The van der Waals surface area contributed by atoms with Crippen LogP contribution < -0.4 is 11.5 Å². The molecule has 4 aromatic rings. The number of anilines is 2. The Balaban J connectivity index is 1.84. The summed E-state index contributed by atoms with van der Waals surface area (Å²) in [6, 6.07) is 10.1. The number of rotatable bonds is 2. The van der Waals surface area contributed by atoms with Gasteiger partial charge < -0.3 is 16.9 Å². The Morgan fingerprint density at radius 3 is 2.59 bits per heavy atom. The van der Waals surface area contributed by atoms with Crippen molar-refractivity contribution in [2.45, 2.75) is 25.7 Å². The summed E-state index contributed by atoms with van der Waals surface area (Å²) in [5.74, 6) is 0. The van der Waals surface area contributed by atoms with Crippen LogP contribution in [0.15, 0.2) is 30.3 Å². The highest BCUT2D eigenvalue weighted by molar-refractivity contribution is 7.22. The van der Waals surface area contributed by atoms with Crippen LogP contribution in [0.3, 0.4) is 0 Å². The number of nitrogen functional groups attached to an aromatic ring is 2. The summed E-state index contributed by atoms with van der Waals surface area (Å²) in [5.41, 5.74) is 19.9. The molecule has 1 aliphatic carbocycles. The molecule has 134 valence electrons. The zero-order valence-electron chi connectivity index (χ0n) is 14.7. The second-order valence-corrected chi connectivity index (χ2v) is 8.03. The molecule has 0 amide bonds. The molecule has 0 unspecified atom stereocenters. The lowest BCUT2D eigenvalue weighted by Crippen LogP contribution is -2.09. The van der Waals surface area contributed by atoms with Gasteiger partial charge in [-0.15, -0.1) is 0 Å². The van der Waals surface area contributed by atoms with Gasteiger partial charge in [-0.1, -0.05) is 17.4 Å². The van der Waals surface area contributed by atoms with Crippen LogP contribution in [0.25, 0.3) is 32.4 Å². The quantitative estimate of drug-likeness (QED) is 0.354. The monoisotopic (exact) mass is 373 g/mol. The number of nitrogens with one attached hydrogen (secondary N) is 1. The van der Waals surface area contributed by atoms with Gasteiger partial charge in [0.05, 0.1) is 21.4 Å². The number of nitrogens with two attached hydrogens (primary N) is 2. The van der Waals surface area contributed by atoms with Crippen LogP contribution in [-0.2, 0) is 12.8 Å². The molecule has 5 N–H and O–H groups in total. The van der Waals surface area contributed by atoms with Gasteiger partial charge in [0, 0.05) is 28.4 Å². The maximum atomic E-state index is 7.84. The van der Waals surface area contributed by atoms with Crippen molar-refractivity contribution in [2.24, 2.45) is 0 Å². The molecule has 1 aliphatic rings. The van der Waals surface area contributed by atoms with E-state index in [2.05, 4.69) is 23.2 Å². The summed E-state index contributed by atoms with van der Waals surface area (Å²) in [4.78, 5) is 9.44. The Morgan fingerprint density at radius 2 is 1.78 bits per heavy atom. The molecular formula is C21H19N5S. The summed E-state index contributed by atoms with van der Waals surface area (Å²) in [7, 11) is 0. The van der Waals surface area contributed by atoms with Crippen molar-refractivity contribution in [3.63, 3.8) is 0 Å². The minimum atomic E-state index is 0.585. The van der Waals surface area contributed by atoms with Crippen LogP contribution in [0.4, 0.5) is 10.8 Å². The minimum Gasteiger partial charge on any atom is -0.398 e. The molecule has 0 bridgehead atoms. The summed E-state index contributed by atoms with van der Waals surface area (Å²) in [5, 5.41) is 9.47. The van der Waals surface area contributed by atoms with Crippen LogP contribution in [0.5, 0.6) is 0 Å². The van der Waals surface area contributed by atoms with E-state index in [1.54, 1.807) is 0 Å². The van der Waals surface area contributed by atoms with E-state index in [-0.39, 0.29) is 0 Å². The molecule has 0 fully saturated rings. The van der Waals surface area contributed by atoms with Crippen LogP contribution in [-0.4, -0.2) is 16.2 Å². The third-order valence-corrected chi connectivity index (χ3v) is 6.23. The molecule has 0 aliphatic heterocycles. The van der Waals surface area contributed by atoms with Gasteiger partial charge >= 0.3 is 0 Å². The van der Waals surface area contributed by atoms with Crippen LogP contribution in [0, 0.1) is 5.41 Å². The molecule has 0 atom stereocenters. The van der Waals surface area contributed by atoms with Gasteiger partial charge in [-0.3, -0.25) is 0 Å². The van der Waals surface area contributed by atoms with Gasteiger partial charge in [-0.25, -0.2) is 9.97 Å². The van der Waals surface area contributed by atoms with Gasteiger partial charge in [0.15, 0.2) is 5.13 Å². The Bertz CT molecular complexity index is 1220. The van der Waals surface area contributed by atoms with Crippen molar-refractivity contribution in [3.05, 3.63) is 47.0 Å². The van der Waals surface area contributed by atoms with E-state index in [0.29, 0.717) is 10.8 Å². The van der Waals surface area contributed by atoms with Crippen molar-refractivity contribution in [3.8, 4) is 11.3 Å². The molecule has 6 heteroatoms. The molecular weight excluding hydrogens is 354 g/mol. The lowest BCUT2D eigenvalue weighted by atomic mass is 9.85. The Labute approximate surface area is 160 Å².